The molecule has 28 heavy (non-hydrogen) atoms. The van der Waals surface area contributed by atoms with E-state index in [1.54, 1.807) is 12.4 Å². The van der Waals surface area contributed by atoms with Crippen molar-refractivity contribution in [1.29, 1.82) is 0 Å². The second-order valence-electron chi connectivity index (χ2n) is 6.38. The number of rotatable bonds is 5. The van der Waals surface area contributed by atoms with Crippen molar-refractivity contribution >= 4 is 34.1 Å². The van der Waals surface area contributed by atoms with E-state index in [0.717, 1.165) is 27.8 Å². The van der Waals surface area contributed by atoms with Crippen LogP contribution in [-0.2, 0) is 11.8 Å². The minimum atomic E-state index is -0.330. The first kappa shape index (κ1) is 18.2. The van der Waals surface area contributed by atoms with Crippen molar-refractivity contribution < 1.29 is 4.79 Å². The molecule has 7 heteroatoms. The van der Waals surface area contributed by atoms with Gasteiger partial charge in [0.15, 0.2) is 11.0 Å². The lowest BCUT2D eigenvalue weighted by molar-refractivity contribution is -0.115. The SMILES string of the molecule is C[C@@H](Sc1nnc(-c2cccnc2)n1C)C(=O)Nc1cccc2ccccc12. The Morgan fingerprint density at radius 2 is 1.89 bits per heavy atom. The molecule has 0 bridgehead atoms. The number of fused-ring (bicyclic) bond motifs is 1. The van der Waals surface area contributed by atoms with Crippen LogP contribution in [0.1, 0.15) is 6.92 Å². The quantitative estimate of drug-likeness (QED) is 0.519. The molecule has 140 valence electrons. The van der Waals surface area contributed by atoms with Crippen molar-refractivity contribution in [3.05, 3.63) is 67.0 Å². The predicted molar refractivity (Wildman–Crippen MR) is 112 cm³/mol. The third-order valence-corrected chi connectivity index (χ3v) is 5.59. The van der Waals surface area contributed by atoms with E-state index in [0.29, 0.717) is 5.16 Å². The molecule has 4 aromatic rings. The average molecular weight is 389 g/mol. The Morgan fingerprint density at radius 1 is 1.07 bits per heavy atom. The number of pyridine rings is 1. The highest BCUT2D eigenvalue weighted by molar-refractivity contribution is 8.00. The number of thioether (sulfide) groups is 1. The molecule has 0 fully saturated rings. The summed E-state index contributed by atoms with van der Waals surface area (Å²) in [6.45, 7) is 1.86. The molecule has 0 aliphatic carbocycles. The van der Waals surface area contributed by atoms with Gasteiger partial charge in [-0.1, -0.05) is 48.2 Å². The van der Waals surface area contributed by atoms with E-state index in [-0.39, 0.29) is 11.2 Å². The Labute approximate surface area is 167 Å². The number of hydrogen-bond acceptors (Lipinski definition) is 5. The number of carbonyl (C=O) groups excluding carboxylic acids is 1. The summed E-state index contributed by atoms with van der Waals surface area (Å²) in [7, 11) is 1.89. The molecular formula is C21H19N5OS. The molecule has 2 heterocycles. The maximum absolute atomic E-state index is 12.7. The number of nitrogens with one attached hydrogen (secondary N) is 1. The molecule has 2 aromatic heterocycles. The molecule has 0 saturated carbocycles. The Balaban J connectivity index is 1.50. The molecule has 6 nitrogen and oxygen atoms in total. The fourth-order valence-electron chi connectivity index (χ4n) is 2.94. The van der Waals surface area contributed by atoms with Gasteiger partial charge in [-0.3, -0.25) is 9.78 Å². The molecule has 1 amide bonds. The minimum absolute atomic E-state index is 0.0766. The van der Waals surface area contributed by atoms with Gasteiger partial charge in [-0.25, -0.2) is 0 Å². The minimum Gasteiger partial charge on any atom is -0.325 e. The molecule has 2 aromatic carbocycles. The summed E-state index contributed by atoms with van der Waals surface area (Å²) in [5, 5.41) is 14.0. The van der Waals surface area contributed by atoms with Crippen LogP contribution in [0.15, 0.2) is 72.1 Å². The number of nitrogens with zero attached hydrogens (tertiary/aromatic N) is 4. The van der Waals surface area contributed by atoms with Crippen LogP contribution in [0.5, 0.6) is 0 Å². The van der Waals surface area contributed by atoms with Crippen molar-refractivity contribution in [2.45, 2.75) is 17.3 Å². The molecule has 0 saturated heterocycles. The van der Waals surface area contributed by atoms with Crippen LogP contribution in [-0.4, -0.2) is 30.9 Å². The maximum Gasteiger partial charge on any atom is 0.237 e. The predicted octanol–water partition coefficient (Wildman–Crippen LogP) is 4.15. The Morgan fingerprint density at radius 3 is 2.71 bits per heavy atom. The molecule has 0 unspecified atom stereocenters. The fraction of sp³-hybridized carbons (Fsp3) is 0.143. The average Bonchev–Trinajstić information content (AvgIpc) is 3.09. The van der Waals surface area contributed by atoms with Gasteiger partial charge in [0.05, 0.1) is 5.25 Å². The first-order chi connectivity index (χ1) is 13.6. The fourth-order valence-corrected chi connectivity index (χ4v) is 3.76. The standard InChI is InChI=1S/C21H19N5OS/c1-14(20(27)23-18-11-5-8-15-7-3-4-10-17(15)18)28-21-25-24-19(26(21)2)16-9-6-12-22-13-16/h3-14H,1-2H3,(H,23,27)/t14-/m1/s1. The van der Waals surface area contributed by atoms with Crippen LogP contribution in [0.3, 0.4) is 0 Å². The Bertz CT molecular complexity index is 1120. The zero-order valence-corrected chi connectivity index (χ0v) is 16.4. The highest BCUT2D eigenvalue weighted by Gasteiger charge is 2.20. The third-order valence-electron chi connectivity index (χ3n) is 4.45. The van der Waals surface area contributed by atoms with E-state index >= 15 is 0 Å². The third kappa shape index (κ3) is 3.61. The van der Waals surface area contributed by atoms with Gasteiger partial charge in [0.2, 0.25) is 5.91 Å². The first-order valence-corrected chi connectivity index (χ1v) is 9.76. The molecule has 1 N–H and O–H groups in total. The van der Waals surface area contributed by atoms with E-state index in [4.69, 9.17) is 0 Å². The lowest BCUT2D eigenvalue weighted by Crippen LogP contribution is -2.23. The van der Waals surface area contributed by atoms with Gasteiger partial charge in [0.25, 0.3) is 0 Å². The number of benzene rings is 2. The van der Waals surface area contributed by atoms with Gasteiger partial charge in [0.1, 0.15) is 0 Å². The van der Waals surface area contributed by atoms with E-state index in [2.05, 4.69) is 20.5 Å². The van der Waals surface area contributed by atoms with Crippen LogP contribution >= 0.6 is 11.8 Å². The Hall–Kier alpha value is -3.19. The summed E-state index contributed by atoms with van der Waals surface area (Å²) in [6, 6.07) is 17.7. The van der Waals surface area contributed by atoms with E-state index in [1.165, 1.54) is 11.8 Å². The van der Waals surface area contributed by atoms with Crippen LogP contribution in [0, 0.1) is 0 Å². The number of amides is 1. The number of aromatic nitrogens is 4. The second kappa shape index (κ2) is 7.82. The van der Waals surface area contributed by atoms with Crippen molar-refractivity contribution in [1.82, 2.24) is 19.7 Å². The smallest absolute Gasteiger partial charge is 0.237 e. The molecular weight excluding hydrogens is 370 g/mol. The second-order valence-corrected chi connectivity index (χ2v) is 7.69. The normalized spacial score (nSPS) is 12.1. The van der Waals surface area contributed by atoms with Crippen molar-refractivity contribution in [3.63, 3.8) is 0 Å². The largest absolute Gasteiger partial charge is 0.325 e. The lowest BCUT2D eigenvalue weighted by atomic mass is 10.1. The van der Waals surface area contributed by atoms with E-state index in [1.807, 2.05) is 73.1 Å². The monoisotopic (exact) mass is 389 g/mol. The van der Waals surface area contributed by atoms with Crippen molar-refractivity contribution in [3.8, 4) is 11.4 Å². The van der Waals surface area contributed by atoms with Crippen molar-refractivity contribution in [2.75, 3.05) is 5.32 Å². The molecule has 1 atom stereocenters. The summed E-state index contributed by atoms with van der Waals surface area (Å²) in [5.41, 5.74) is 1.70. The van der Waals surface area contributed by atoms with Gasteiger partial charge < -0.3 is 9.88 Å². The van der Waals surface area contributed by atoms with Crippen LogP contribution < -0.4 is 5.32 Å². The van der Waals surface area contributed by atoms with Crippen molar-refractivity contribution in [2.24, 2.45) is 7.05 Å². The highest BCUT2D eigenvalue weighted by atomic mass is 32.2. The molecule has 0 radical (unpaired) electrons. The van der Waals surface area contributed by atoms with Crippen LogP contribution in [0.4, 0.5) is 5.69 Å². The number of carbonyl (C=O) groups is 1. The molecule has 0 aliphatic heterocycles. The zero-order valence-electron chi connectivity index (χ0n) is 15.5. The van der Waals surface area contributed by atoms with Crippen LogP contribution in [0.25, 0.3) is 22.2 Å². The Kier molecular flexibility index (Phi) is 5.08. The van der Waals surface area contributed by atoms with Crippen LogP contribution in [0.2, 0.25) is 0 Å². The molecule has 4 rings (SSSR count). The summed E-state index contributed by atoms with van der Waals surface area (Å²) in [4.78, 5) is 16.9. The first-order valence-electron chi connectivity index (χ1n) is 8.88. The summed E-state index contributed by atoms with van der Waals surface area (Å²) in [5.74, 6) is 0.643. The van der Waals surface area contributed by atoms with E-state index in [9.17, 15) is 4.79 Å². The van der Waals surface area contributed by atoms with Gasteiger partial charge in [0, 0.05) is 36.1 Å². The molecule has 0 aliphatic rings. The summed E-state index contributed by atoms with van der Waals surface area (Å²) >= 11 is 1.38. The van der Waals surface area contributed by atoms with Gasteiger partial charge in [-0.15, -0.1) is 10.2 Å². The van der Waals surface area contributed by atoms with Gasteiger partial charge in [-0.2, -0.15) is 0 Å². The summed E-state index contributed by atoms with van der Waals surface area (Å²) < 4.78 is 1.88. The van der Waals surface area contributed by atoms with Gasteiger partial charge >= 0.3 is 0 Å². The topological polar surface area (TPSA) is 72.7 Å². The zero-order chi connectivity index (χ0) is 19.5. The lowest BCUT2D eigenvalue weighted by Gasteiger charge is -2.13. The van der Waals surface area contributed by atoms with E-state index < -0.39 is 0 Å². The van der Waals surface area contributed by atoms with Gasteiger partial charge in [-0.05, 0) is 30.5 Å². The summed E-state index contributed by atoms with van der Waals surface area (Å²) in [6.07, 6.45) is 3.46. The molecule has 0 spiro atoms. The maximum atomic E-state index is 12.7. The highest BCUT2D eigenvalue weighted by Crippen LogP contribution is 2.27. The number of hydrogen-bond donors (Lipinski definition) is 1. The number of anilines is 1.